The maximum Gasteiger partial charge on any atom is 0.352 e. The molecule has 1 aromatic rings. The number of β-lactam (4-membered cyclic amide) rings is 1. The van der Waals surface area contributed by atoms with Crippen molar-refractivity contribution in [2.45, 2.75) is 26.0 Å². The van der Waals surface area contributed by atoms with Crippen LogP contribution in [0.2, 0.25) is 0 Å². The monoisotopic (exact) mass is 435 g/mol. The number of halogens is 1. The highest BCUT2D eigenvalue weighted by molar-refractivity contribution is 6.00. The molecule has 0 bridgehead atoms. The molecule has 1 saturated heterocycles. The molecular formula is C21H26FN3O6. The molecule has 4 N–H and O–H groups in total. The van der Waals surface area contributed by atoms with Gasteiger partial charge in [0, 0.05) is 25.6 Å². The van der Waals surface area contributed by atoms with Gasteiger partial charge in [-0.1, -0.05) is 13.0 Å². The van der Waals surface area contributed by atoms with Crippen molar-refractivity contribution >= 4 is 17.8 Å². The van der Waals surface area contributed by atoms with Crippen LogP contribution in [0.5, 0.6) is 5.75 Å². The van der Waals surface area contributed by atoms with Crippen molar-refractivity contribution < 1.29 is 34.1 Å². The topological polar surface area (TPSA) is 130 Å². The predicted octanol–water partition coefficient (Wildman–Crippen LogP) is 0.389. The van der Waals surface area contributed by atoms with Gasteiger partial charge in [-0.2, -0.15) is 0 Å². The minimum atomic E-state index is -1.19. The summed E-state index contributed by atoms with van der Waals surface area (Å²) in [6.07, 6.45) is -0.864. The summed E-state index contributed by atoms with van der Waals surface area (Å²) in [4.78, 5) is 39.4. The largest absolute Gasteiger partial charge is 0.505 e. The molecule has 1 aromatic carbocycles. The number of carbonyl (C=O) groups is 3. The third-order valence-corrected chi connectivity index (χ3v) is 5.96. The first-order valence-electron chi connectivity index (χ1n) is 9.98. The summed E-state index contributed by atoms with van der Waals surface area (Å²) in [5.74, 6) is -4.71. The Bertz CT molecular complexity index is 947. The maximum absolute atomic E-state index is 13.8. The fourth-order valence-corrected chi connectivity index (χ4v) is 4.37. The molecule has 0 aromatic heterocycles. The summed E-state index contributed by atoms with van der Waals surface area (Å²) in [6.45, 7) is 4.12. The van der Waals surface area contributed by atoms with Crippen LogP contribution in [0.25, 0.3) is 0 Å². The molecule has 2 amide bonds. The number of rotatable bonds is 8. The summed E-state index contributed by atoms with van der Waals surface area (Å²) in [5.41, 5.74) is 0.272. The molecule has 1 fully saturated rings. The van der Waals surface area contributed by atoms with Crippen LogP contribution in [0.4, 0.5) is 4.39 Å². The number of carbonyl (C=O) groups excluding carboxylic acids is 2. The van der Waals surface area contributed by atoms with Gasteiger partial charge in [-0.3, -0.25) is 9.59 Å². The average Bonchev–Trinajstić information content (AvgIpc) is 2.92. The van der Waals surface area contributed by atoms with Crippen molar-refractivity contribution in [1.29, 1.82) is 0 Å². The number of hydrogen-bond donors (Lipinski definition) is 4. The molecule has 10 heteroatoms. The first kappa shape index (κ1) is 22.7. The SMILES string of the molecule is CC(O)C1C(=O)N2C(C(=O)O)=C(CN(C)CCNC(=O)c3cccc(O)c3F)C(C)[C@H]12. The van der Waals surface area contributed by atoms with Crippen LogP contribution in [0.15, 0.2) is 29.5 Å². The fourth-order valence-electron chi connectivity index (χ4n) is 4.37. The molecule has 0 radical (unpaired) electrons. The number of fused-ring (bicyclic) bond motifs is 1. The molecule has 0 spiro atoms. The zero-order chi connectivity index (χ0) is 23.0. The van der Waals surface area contributed by atoms with Crippen molar-refractivity contribution in [1.82, 2.24) is 15.1 Å². The molecule has 3 rings (SSSR count). The van der Waals surface area contributed by atoms with Crippen LogP contribution in [-0.4, -0.2) is 81.7 Å². The van der Waals surface area contributed by atoms with Crippen LogP contribution < -0.4 is 5.32 Å². The number of phenolic OH excluding ortho intramolecular Hbond substituents is 1. The van der Waals surface area contributed by atoms with E-state index in [0.29, 0.717) is 12.1 Å². The normalized spacial score (nSPS) is 23.6. The molecule has 3 unspecified atom stereocenters. The number of aliphatic carboxylic acids is 1. The smallest absolute Gasteiger partial charge is 0.352 e. The Labute approximate surface area is 178 Å². The van der Waals surface area contributed by atoms with Gasteiger partial charge in [0.15, 0.2) is 11.6 Å². The second-order valence-corrected chi connectivity index (χ2v) is 8.07. The van der Waals surface area contributed by atoms with Gasteiger partial charge >= 0.3 is 5.97 Å². The van der Waals surface area contributed by atoms with E-state index < -0.39 is 35.5 Å². The molecule has 2 aliphatic rings. The minimum absolute atomic E-state index is 0.0443. The van der Waals surface area contributed by atoms with Gasteiger partial charge in [0.2, 0.25) is 5.91 Å². The van der Waals surface area contributed by atoms with Crippen LogP contribution >= 0.6 is 0 Å². The van der Waals surface area contributed by atoms with Crippen LogP contribution in [0.1, 0.15) is 24.2 Å². The minimum Gasteiger partial charge on any atom is -0.505 e. The second-order valence-electron chi connectivity index (χ2n) is 8.07. The Morgan fingerprint density at radius 1 is 1.35 bits per heavy atom. The lowest BCUT2D eigenvalue weighted by atomic mass is 9.77. The molecule has 31 heavy (non-hydrogen) atoms. The summed E-state index contributed by atoms with van der Waals surface area (Å²) >= 11 is 0. The van der Waals surface area contributed by atoms with Crippen LogP contribution in [0, 0.1) is 17.7 Å². The molecule has 9 nitrogen and oxygen atoms in total. The molecular weight excluding hydrogens is 409 g/mol. The van der Waals surface area contributed by atoms with Gasteiger partial charge in [-0.25, -0.2) is 9.18 Å². The number of nitrogens with zero attached hydrogens (tertiary/aromatic N) is 2. The van der Waals surface area contributed by atoms with E-state index in [4.69, 9.17) is 0 Å². The summed E-state index contributed by atoms with van der Waals surface area (Å²) in [5, 5.41) is 31.5. The highest BCUT2D eigenvalue weighted by Crippen LogP contribution is 2.47. The van der Waals surface area contributed by atoms with Crippen LogP contribution in [-0.2, 0) is 9.59 Å². The molecule has 4 atom stereocenters. The van der Waals surface area contributed by atoms with Gasteiger partial charge in [-0.15, -0.1) is 0 Å². The Morgan fingerprint density at radius 2 is 2.03 bits per heavy atom. The predicted molar refractivity (Wildman–Crippen MR) is 108 cm³/mol. The lowest BCUT2D eigenvalue weighted by molar-refractivity contribution is -0.163. The lowest BCUT2D eigenvalue weighted by Crippen LogP contribution is -2.63. The van der Waals surface area contributed by atoms with Gasteiger partial charge in [0.05, 0.1) is 23.6 Å². The Hall–Kier alpha value is -2.98. The van der Waals surface area contributed by atoms with E-state index in [9.17, 15) is 34.1 Å². The van der Waals surface area contributed by atoms with Crippen molar-refractivity contribution in [2.75, 3.05) is 26.7 Å². The van der Waals surface area contributed by atoms with Gasteiger partial charge in [0.25, 0.3) is 5.91 Å². The first-order valence-corrected chi connectivity index (χ1v) is 9.98. The maximum atomic E-state index is 13.8. The van der Waals surface area contributed by atoms with E-state index in [-0.39, 0.29) is 42.2 Å². The van der Waals surface area contributed by atoms with E-state index in [1.807, 2.05) is 6.92 Å². The Balaban J connectivity index is 1.63. The van der Waals surface area contributed by atoms with E-state index >= 15 is 0 Å². The Kier molecular flexibility index (Phi) is 6.33. The zero-order valence-electron chi connectivity index (χ0n) is 17.5. The second kappa shape index (κ2) is 8.64. The van der Waals surface area contributed by atoms with Crippen molar-refractivity contribution in [3.05, 3.63) is 40.8 Å². The number of aromatic hydroxyl groups is 1. The van der Waals surface area contributed by atoms with Crippen LogP contribution in [0.3, 0.4) is 0 Å². The van der Waals surface area contributed by atoms with Gasteiger partial charge in [0.1, 0.15) is 5.70 Å². The average molecular weight is 435 g/mol. The number of amides is 2. The van der Waals surface area contributed by atoms with Crippen molar-refractivity contribution in [2.24, 2.45) is 11.8 Å². The number of carboxylic acids is 1. The van der Waals surface area contributed by atoms with Crippen molar-refractivity contribution in [3.63, 3.8) is 0 Å². The number of aliphatic hydroxyl groups excluding tert-OH is 1. The number of hydrogen-bond acceptors (Lipinski definition) is 6. The third-order valence-electron chi connectivity index (χ3n) is 5.96. The summed E-state index contributed by atoms with van der Waals surface area (Å²) < 4.78 is 13.8. The number of likely N-dealkylation sites (N-methyl/N-ethyl adjacent to an activating group) is 1. The number of carboxylic acid groups (broad SMARTS) is 1. The fraction of sp³-hybridized carbons (Fsp3) is 0.476. The zero-order valence-corrected chi connectivity index (χ0v) is 17.5. The highest BCUT2D eigenvalue weighted by Gasteiger charge is 2.59. The standard InChI is InChI=1S/C21H26FN3O6/c1-10-13(18(21(30)31)25-17(10)15(11(2)26)20(25)29)9-24(3)8-7-23-19(28)12-5-4-6-14(27)16(12)22/h4-6,10-11,15,17,26-27H,7-9H2,1-3H3,(H,23,28)(H,30,31)/t10?,11?,15?,17-/m1/s1. The lowest BCUT2D eigenvalue weighted by Gasteiger charge is -2.46. The molecule has 0 aliphatic carbocycles. The number of nitrogens with one attached hydrogen (secondary N) is 1. The van der Waals surface area contributed by atoms with E-state index in [0.717, 1.165) is 6.07 Å². The van der Waals surface area contributed by atoms with Gasteiger partial charge in [-0.05, 0) is 31.7 Å². The van der Waals surface area contributed by atoms with E-state index in [2.05, 4.69) is 5.32 Å². The number of aliphatic hydroxyl groups is 1. The third kappa shape index (κ3) is 4.00. The summed E-state index contributed by atoms with van der Waals surface area (Å²) in [7, 11) is 1.74. The van der Waals surface area contributed by atoms with E-state index in [1.54, 1.807) is 11.9 Å². The molecule has 2 aliphatic heterocycles. The highest BCUT2D eigenvalue weighted by atomic mass is 19.1. The summed E-state index contributed by atoms with van der Waals surface area (Å²) in [6, 6.07) is 3.40. The Morgan fingerprint density at radius 3 is 2.65 bits per heavy atom. The first-order chi connectivity index (χ1) is 14.6. The molecule has 168 valence electrons. The van der Waals surface area contributed by atoms with Gasteiger partial charge < -0.3 is 30.4 Å². The molecule has 0 saturated carbocycles. The van der Waals surface area contributed by atoms with Crippen molar-refractivity contribution in [3.8, 4) is 5.75 Å². The number of benzene rings is 1. The van der Waals surface area contributed by atoms with E-state index in [1.165, 1.54) is 24.0 Å². The quantitative estimate of drug-likeness (QED) is 0.435. The number of phenols is 1. The molecule has 2 heterocycles.